The SMILES string of the molecule is CS(=O)(=O)c1ccsc1NC(=O)c1cc2c(o1)CCCC2. The molecule has 21 heavy (non-hydrogen) atoms. The van der Waals surface area contributed by atoms with Crippen LogP contribution in [0.1, 0.15) is 34.7 Å². The van der Waals surface area contributed by atoms with Crippen molar-refractivity contribution >= 4 is 32.1 Å². The van der Waals surface area contributed by atoms with E-state index in [1.807, 2.05) is 0 Å². The van der Waals surface area contributed by atoms with Gasteiger partial charge in [-0.3, -0.25) is 4.79 Å². The quantitative estimate of drug-likeness (QED) is 0.941. The molecule has 0 unspecified atom stereocenters. The first kappa shape index (κ1) is 14.3. The van der Waals surface area contributed by atoms with Crippen molar-refractivity contribution in [3.05, 3.63) is 34.6 Å². The van der Waals surface area contributed by atoms with Gasteiger partial charge in [0.2, 0.25) is 0 Å². The molecular formula is C14H15NO4S2. The maximum absolute atomic E-state index is 12.2. The normalized spacial score (nSPS) is 14.7. The molecule has 1 N–H and O–H groups in total. The fourth-order valence-electron chi connectivity index (χ4n) is 2.45. The Kier molecular flexibility index (Phi) is 3.62. The van der Waals surface area contributed by atoms with Gasteiger partial charge in [0.05, 0.1) is 0 Å². The van der Waals surface area contributed by atoms with E-state index >= 15 is 0 Å². The summed E-state index contributed by atoms with van der Waals surface area (Å²) in [6, 6.07) is 3.25. The molecule has 1 aliphatic rings. The lowest BCUT2D eigenvalue weighted by atomic mass is 9.99. The Morgan fingerprint density at radius 3 is 2.81 bits per heavy atom. The number of furan rings is 1. The summed E-state index contributed by atoms with van der Waals surface area (Å²) in [5.41, 5.74) is 1.08. The zero-order chi connectivity index (χ0) is 15.0. The first-order chi connectivity index (χ1) is 9.95. The van der Waals surface area contributed by atoms with Gasteiger partial charge in [-0.15, -0.1) is 11.3 Å². The number of aryl methyl sites for hydroxylation is 2. The van der Waals surface area contributed by atoms with Gasteiger partial charge in [-0.1, -0.05) is 0 Å². The van der Waals surface area contributed by atoms with Crippen LogP contribution < -0.4 is 5.32 Å². The Morgan fingerprint density at radius 1 is 1.33 bits per heavy atom. The van der Waals surface area contributed by atoms with Gasteiger partial charge in [0, 0.05) is 12.7 Å². The molecule has 0 spiro atoms. The van der Waals surface area contributed by atoms with Crippen molar-refractivity contribution in [3.8, 4) is 0 Å². The summed E-state index contributed by atoms with van der Waals surface area (Å²) in [5, 5.41) is 4.60. The van der Waals surface area contributed by atoms with Crippen LogP contribution in [0.25, 0.3) is 0 Å². The highest BCUT2D eigenvalue weighted by Crippen LogP contribution is 2.29. The predicted molar refractivity (Wildman–Crippen MR) is 80.7 cm³/mol. The second kappa shape index (κ2) is 5.31. The molecule has 3 rings (SSSR count). The van der Waals surface area contributed by atoms with E-state index in [1.165, 1.54) is 17.4 Å². The topological polar surface area (TPSA) is 76.4 Å². The number of carbonyl (C=O) groups excluding carboxylic acids is 1. The fraction of sp³-hybridized carbons (Fsp3) is 0.357. The van der Waals surface area contributed by atoms with Crippen LogP contribution in [0, 0.1) is 0 Å². The van der Waals surface area contributed by atoms with Gasteiger partial charge in [0.15, 0.2) is 15.6 Å². The Balaban J connectivity index is 1.84. The minimum absolute atomic E-state index is 0.136. The van der Waals surface area contributed by atoms with Gasteiger partial charge in [0.25, 0.3) is 5.91 Å². The Bertz CT molecular complexity index is 762. The van der Waals surface area contributed by atoms with E-state index in [4.69, 9.17) is 4.42 Å². The number of sulfone groups is 1. The number of carbonyl (C=O) groups is 1. The number of anilines is 1. The van der Waals surface area contributed by atoms with E-state index in [2.05, 4.69) is 5.32 Å². The largest absolute Gasteiger partial charge is 0.456 e. The Hall–Kier alpha value is -1.60. The fourth-order valence-corrected chi connectivity index (χ4v) is 4.51. The van der Waals surface area contributed by atoms with Gasteiger partial charge in [0.1, 0.15) is 15.7 Å². The summed E-state index contributed by atoms with van der Waals surface area (Å²) in [5.74, 6) is 0.715. The van der Waals surface area contributed by atoms with Crippen molar-refractivity contribution in [2.45, 2.75) is 30.6 Å². The summed E-state index contributed by atoms with van der Waals surface area (Å²) >= 11 is 1.18. The lowest BCUT2D eigenvalue weighted by Gasteiger charge is -2.07. The number of amides is 1. The minimum atomic E-state index is -3.36. The molecular weight excluding hydrogens is 310 g/mol. The van der Waals surface area contributed by atoms with E-state index in [-0.39, 0.29) is 10.7 Å². The van der Waals surface area contributed by atoms with Gasteiger partial charge in [-0.2, -0.15) is 0 Å². The highest BCUT2D eigenvalue weighted by molar-refractivity contribution is 7.91. The predicted octanol–water partition coefficient (Wildman–Crippen LogP) is 2.88. The molecule has 2 heterocycles. The number of thiophene rings is 1. The molecule has 0 fully saturated rings. The monoisotopic (exact) mass is 325 g/mol. The third-order valence-electron chi connectivity index (χ3n) is 3.48. The van der Waals surface area contributed by atoms with Crippen LogP contribution in [0.4, 0.5) is 5.00 Å². The molecule has 2 aromatic rings. The molecule has 0 aromatic carbocycles. The van der Waals surface area contributed by atoms with Crippen molar-refractivity contribution in [2.75, 3.05) is 11.6 Å². The average molecular weight is 325 g/mol. The van der Waals surface area contributed by atoms with Crippen molar-refractivity contribution in [2.24, 2.45) is 0 Å². The number of hydrogen-bond acceptors (Lipinski definition) is 5. The summed E-state index contributed by atoms with van der Waals surface area (Å²) in [6.45, 7) is 0. The molecule has 0 radical (unpaired) electrons. The van der Waals surface area contributed by atoms with Crippen LogP contribution in [-0.2, 0) is 22.7 Å². The van der Waals surface area contributed by atoms with Crippen LogP contribution in [0.2, 0.25) is 0 Å². The number of fused-ring (bicyclic) bond motifs is 1. The molecule has 0 saturated carbocycles. The molecule has 1 aliphatic carbocycles. The average Bonchev–Trinajstić information content (AvgIpc) is 3.03. The van der Waals surface area contributed by atoms with Gasteiger partial charge in [-0.05, 0) is 42.3 Å². The van der Waals surface area contributed by atoms with Crippen molar-refractivity contribution < 1.29 is 17.6 Å². The van der Waals surface area contributed by atoms with Crippen LogP contribution >= 0.6 is 11.3 Å². The highest BCUT2D eigenvalue weighted by Gasteiger charge is 2.22. The standard InChI is InChI=1S/C14H15NO4S2/c1-21(17,18)12-6-7-20-14(12)15-13(16)11-8-9-4-2-3-5-10(9)19-11/h6-8H,2-5H2,1H3,(H,15,16). The number of nitrogens with one attached hydrogen (secondary N) is 1. The van der Waals surface area contributed by atoms with E-state index in [1.54, 1.807) is 11.4 Å². The number of hydrogen-bond donors (Lipinski definition) is 1. The lowest BCUT2D eigenvalue weighted by Crippen LogP contribution is -2.12. The van der Waals surface area contributed by atoms with Crippen LogP contribution in [-0.4, -0.2) is 20.6 Å². The molecule has 2 aromatic heterocycles. The molecule has 1 amide bonds. The molecule has 0 bridgehead atoms. The maximum Gasteiger partial charge on any atom is 0.292 e. The number of rotatable bonds is 3. The van der Waals surface area contributed by atoms with E-state index in [9.17, 15) is 13.2 Å². The van der Waals surface area contributed by atoms with Crippen LogP contribution in [0.5, 0.6) is 0 Å². The van der Waals surface area contributed by atoms with E-state index < -0.39 is 15.7 Å². The van der Waals surface area contributed by atoms with E-state index in [0.717, 1.165) is 43.3 Å². The first-order valence-corrected chi connectivity index (χ1v) is 9.43. The second-order valence-corrected chi connectivity index (χ2v) is 8.01. The van der Waals surface area contributed by atoms with Crippen LogP contribution in [0.3, 0.4) is 0 Å². The zero-order valence-electron chi connectivity index (χ0n) is 11.5. The smallest absolute Gasteiger partial charge is 0.292 e. The minimum Gasteiger partial charge on any atom is -0.456 e. The lowest BCUT2D eigenvalue weighted by molar-refractivity contribution is 0.0995. The molecule has 0 atom stereocenters. The van der Waals surface area contributed by atoms with Gasteiger partial charge < -0.3 is 9.73 Å². The summed E-state index contributed by atoms with van der Waals surface area (Å²) in [7, 11) is -3.36. The maximum atomic E-state index is 12.2. The van der Waals surface area contributed by atoms with Gasteiger partial charge >= 0.3 is 0 Å². The summed E-state index contributed by atoms with van der Waals surface area (Å²) in [6.07, 6.45) is 5.09. The van der Waals surface area contributed by atoms with Gasteiger partial charge in [-0.25, -0.2) is 8.42 Å². The van der Waals surface area contributed by atoms with Crippen LogP contribution in [0.15, 0.2) is 26.8 Å². The zero-order valence-corrected chi connectivity index (χ0v) is 13.1. The molecule has 7 heteroatoms. The second-order valence-electron chi connectivity index (χ2n) is 5.11. The Morgan fingerprint density at radius 2 is 2.10 bits per heavy atom. The summed E-state index contributed by atoms with van der Waals surface area (Å²) < 4.78 is 28.8. The summed E-state index contributed by atoms with van der Waals surface area (Å²) in [4.78, 5) is 12.4. The highest BCUT2D eigenvalue weighted by atomic mass is 32.2. The third kappa shape index (κ3) is 2.89. The molecule has 0 aliphatic heterocycles. The van der Waals surface area contributed by atoms with E-state index in [0.29, 0.717) is 5.00 Å². The molecule has 0 saturated heterocycles. The molecule has 5 nitrogen and oxygen atoms in total. The Labute approximate surface area is 126 Å². The van der Waals surface area contributed by atoms with Crippen molar-refractivity contribution in [1.29, 1.82) is 0 Å². The third-order valence-corrected chi connectivity index (χ3v) is 5.57. The molecule has 112 valence electrons. The van der Waals surface area contributed by atoms with Crippen molar-refractivity contribution in [1.82, 2.24) is 0 Å². The van der Waals surface area contributed by atoms with Crippen molar-refractivity contribution in [3.63, 3.8) is 0 Å². The first-order valence-electron chi connectivity index (χ1n) is 6.65.